The van der Waals surface area contributed by atoms with E-state index in [2.05, 4.69) is 26.1 Å². The topological polar surface area (TPSA) is 12.0 Å². The summed E-state index contributed by atoms with van der Waals surface area (Å²) in [5, 5.41) is 3.37. The molecule has 0 spiro atoms. The Balaban J connectivity index is 2.11. The van der Waals surface area contributed by atoms with Crippen LogP contribution in [0.15, 0.2) is 0 Å². The van der Waals surface area contributed by atoms with E-state index in [0.717, 1.165) is 0 Å². The number of rotatable bonds is 2. The van der Waals surface area contributed by atoms with Gasteiger partial charge in [0.25, 0.3) is 0 Å². The molecule has 1 radical (unpaired) electrons. The average Bonchev–Trinajstić information content (AvgIpc) is 2.32. The molecule has 1 heteroatoms. The molecule has 11 heavy (non-hydrogen) atoms. The minimum absolute atomic E-state index is 0.510. The Hall–Kier alpha value is -0.0400. The third-order valence-corrected chi connectivity index (χ3v) is 2.26. The van der Waals surface area contributed by atoms with Crippen molar-refractivity contribution >= 4 is 0 Å². The van der Waals surface area contributed by atoms with E-state index >= 15 is 0 Å². The Morgan fingerprint density at radius 2 is 2.09 bits per heavy atom. The third-order valence-electron chi connectivity index (χ3n) is 2.26. The standard InChI is InChI=1S/C10H20N/c1-10(2,3)6-4-9-5-7-11-8-9/h11H,4-8H2,1-3H3. The van der Waals surface area contributed by atoms with Gasteiger partial charge in [0, 0.05) is 6.54 Å². The highest BCUT2D eigenvalue weighted by Gasteiger charge is 2.18. The molecule has 0 atom stereocenters. The molecule has 0 unspecified atom stereocenters. The van der Waals surface area contributed by atoms with Gasteiger partial charge in [-0.1, -0.05) is 20.8 Å². The highest BCUT2D eigenvalue weighted by molar-refractivity contribution is 4.98. The summed E-state index contributed by atoms with van der Waals surface area (Å²) in [5.41, 5.74) is 0.510. The maximum atomic E-state index is 3.37. The molecule has 0 bridgehead atoms. The maximum absolute atomic E-state index is 3.37. The molecule has 1 saturated heterocycles. The van der Waals surface area contributed by atoms with Crippen LogP contribution in [0.1, 0.15) is 40.0 Å². The fourth-order valence-corrected chi connectivity index (χ4v) is 1.38. The van der Waals surface area contributed by atoms with E-state index in [1.165, 1.54) is 32.4 Å². The normalized spacial score (nSPS) is 21.0. The first-order chi connectivity index (χ1) is 5.08. The van der Waals surface area contributed by atoms with E-state index < -0.39 is 0 Å². The molecule has 0 saturated carbocycles. The van der Waals surface area contributed by atoms with Crippen LogP contribution in [0.3, 0.4) is 0 Å². The Morgan fingerprint density at radius 3 is 2.55 bits per heavy atom. The van der Waals surface area contributed by atoms with Crippen LogP contribution >= 0.6 is 0 Å². The van der Waals surface area contributed by atoms with Crippen molar-refractivity contribution in [1.29, 1.82) is 0 Å². The van der Waals surface area contributed by atoms with E-state index in [-0.39, 0.29) is 0 Å². The molecule has 0 aromatic rings. The van der Waals surface area contributed by atoms with Crippen molar-refractivity contribution in [2.24, 2.45) is 5.41 Å². The van der Waals surface area contributed by atoms with Gasteiger partial charge < -0.3 is 5.32 Å². The summed E-state index contributed by atoms with van der Waals surface area (Å²) >= 11 is 0. The summed E-state index contributed by atoms with van der Waals surface area (Å²) in [6, 6.07) is 0. The van der Waals surface area contributed by atoms with Gasteiger partial charge in [0.2, 0.25) is 0 Å². The molecule has 0 aliphatic carbocycles. The van der Waals surface area contributed by atoms with Crippen molar-refractivity contribution in [2.45, 2.75) is 40.0 Å². The van der Waals surface area contributed by atoms with E-state index in [1.807, 2.05) is 0 Å². The van der Waals surface area contributed by atoms with Gasteiger partial charge in [-0.2, -0.15) is 0 Å². The lowest BCUT2D eigenvalue weighted by atomic mass is 9.86. The van der Waals surface area contributed by atoms with Crippen LogP contribution in [0.5, 0.6) is 0 Å². The van der Waals surface area contributed by atoms with Crippen LogP contribution in [0.25, 0.3) is 0 Å². The largest absolute Gasteiger partial charge is 0.316 e. The van der Waals surface area contributed by atoms with Crippen molar-refractivity contribution in [3.8, 4) is 0 Å². The van der Waals surface area contributed by atoms with Crippen LogP contribution in [0, 0.1) is 11.3 Å². The molecule has 1 nitrogen and oxygen atoms in total. The fourth-order valence-electron chi connectivity index (χ4n) is 1.38. The van der Waals surface area contributed by atoms with E-state index in [4.69, 9.17) is 0 Å². The molecular formula is C10H20N. The molecule has 1 N–H and O–H groups in total. The molecule has 1 aliphatic heterocycles. The number of nitrogens with one attached hydrogen (secondary N) is 1. The van der Waals surface area contributed by atoms with Gasteiger partial charge in [0.15, 0.2) is 0 Å². The quantitative estimate of drug-likeness (QED) is 0.644. The summed E-state index contributed by atoms with van der Waals surface area (Å²) in [4.78, 5) is 0. The van der Waals surface area contributed by atoms with Crippen LogP contribution in [0.2, 0.25) is 0 Å². The Bertz CT molecular complexity index is 107. The molecule has 1 heterocycles. The minimum Gasteiger partial charge on any atom is -0.316 e. The van der Waals surface area contributed by atoms with Crippen molar-refractivity contribution in [1.82, 2.24) is 5.32 Å². The molecule has 65 valence electrons. The Labute approximate surface area is 70.6 Å². The lowest BCUT2D eigenvalue weighted by Crippen LogP contribution is -2.11. The van der Waals surface area contributed by atoms with Crippen molar-refractivity contribution in [3.05, 3.63) is 5.92 Å². The Kier molecular flexibility index (Phi) is 2.94. The molecule has 0 amide bonds. The second-order valence-electron chi connectivity index (χ2n) is 4.74. The predicted octanol–water partition coefficient (Wildman–Crippen LogP) is 2.38. The van der Waals surface area contributed by atoms with Crippen LogP contribution in [-0.4, -0.2) is 13.1 Å². The highest BCUT2D eigenvalue weighted by atomic mass is 14.9. The monoisotopic (exact) mass is 154 g/mol. The second kappa shape index (κ2) is 3.57. The minimum atomic E-state index is 0.510. The van der Waals surface area contributed by atoms with E-state index in [0.29, 0.717) is 5.41 Å². The van der Waals surface area contributed by atoms with Gasteiger partial charge in [-0.15, -0.1) is 0 Å². The summed E-state index contributed by atoms with van der Waals surface area (Å²) in [7, 11) is 0. The lowest BCUT2D eigenvalue weighted by molar-refractivity contribution is 0.368. The van der Waals surface area contributed by atoms with Gasteiger partial charge in [0.1, 0.15) is 0 Å². The van der Waals surface area contributed by atoms with Crippen LogP contribution in [-0.2, 0) is 0 Å². The van der Waals surface area contributed by atoms with E-state index in [9.17, 15) is 0 Å². The Morgan fingerprint density at radius 1 is 1.36 bits per heavy atom. The zero-order chi connectivity index (χ0) is 8.32. The first kappa shape index (κ1) is 9.05. The van der Waals surface area contributed by atoms with Crippen molar-refractivity contribution in [2.75, 3.05) is 13.1 Å². The smallest absolute Gasteiger partial charge is 0.00141 e. The summed E-state index contributed by atoms with van der Waals surface area (Å²) in [5.74, 6) is 1.72. The van der Waals surface area contributed by atoms with Crippen molar-refractivity contribution in [3.63, 3.8) is 0 Å². The maximum Gasteiger partial charge on any atom is 0.00141 e. The van der Waals surface area contributed by atoms with Gasteiger partial charge in [0.05, 0.1) is 0 Å². The number of hydrogen-bond acceptors (Lipinski definition) is 1. The SMILES string of the molecule is CC(C)(C)CC[C]1CCNC1. The van der Waals surface area contributed by atoms with E-state index in [1.54, 1.807) is 5.92 Å². The zero-order valence-corrected chi connectivity index (χ0v) is 8.04. The number of hydrogen-bond donors (Lipinski definition) is 1. The fraction of sp³-hybridized carbons (Fsp3) is 0.900. The van der Waals surface area contributed by atoms with Crippen molar-refractivity contribution < 1.29 is 0 Å². The highest BCUT2D eigenvalue weighted by Crippen LogP contribution is 2.26. The molecule has 1 aliphatic rings. The average molecular weight is 154 g/mol. The lowest BCUT2D eigenvalue weighted by Gasteiger charge is -2.19. The molecule has 0 aromatic heterocycles. The summed E-state index contributed by atoms with van der Waals surface area (Å²) in [6.07, 6.45) is 3.98. The van der Waals surface area contributed by atoms with Crippen LogP contribution < -0.4 is 5.32 Å². The van der Waals surface area contributed by atoms with Crippen LogP contribution in [0.4, 0.5) is 0 Å². The van der Waals surface area contributed by atoms with Gasteiger partial charge in [-0.25, -0.2) is 0 Å². The first-order valence-corrected chi connectivity index (χ1v) is 4.62. The molecular weight excluding hydrogens is 134 g/mol. The zero-order valence-electron chi connectivity index (χ0n) is 8.04. The molecule has 0 aromatic carbocycles. The summed E-state index contributed by atoms with van der Waals surface area (Å²) < 4.78 is 0. The predicted molar refractivity (Wildman–Crippen MR) is 49.4 cm³/mol. The summed E-state index contributed by atoms with van der Waals surface area (Å²) in [6.45, 7) is 9.33. The van der Waals surface area contributed by atoms with Gasteiger partial charge in [-0.3, -0.25) is 0 Å². The van der Waals surface area contributed by atoms with Gasteiger partial charge in [-0.05, 0) is 37.1 Å². The molecule has 1 fully saturated rings. The molecule has 1 rings (SSSR count). The third kappa shape index (κ3) is 3.76. The van der Waals surface area contributed by atoms with Gasteiger partial charge >= 0.3 is 0 Å². The second-order valence-corrected chi connectivity index (χ2v) is 4.74. The first-order valence-electron chi connectivity index (χ1n) is 4.62.